The van der Waals surface area contributed by atoms with E-state index in [0.717, 1.165) is 0 Å². The molecule has 0 saturated carbocycles. The fraction of sp³-hybridized carbons (Fsp3) is 0.167. The van der Waals surface area contributed by atoms with E-state index in [-0.39, 0.29) is 10.6 Å². The lowest BCUT2D eigenvalue weighted by Gasteiger charge is -2.08. The molecule has 1 aromatic carbocycles. The molecule has 0 unspecified atom stereocenters. The molecule has 0 spiro atoms. The molecule has 3 N–H and O–H groups in total. The van der Waals surface area contributed by atoms with Crippen LogP contribution in [0.15, 0.2) is 18.2 Å². The van der Waals surface area contributed by atoms with Crippen molar-refractivity contribution in [3.05, 3.63) is 28.8 Å². The molecule has 6 heteroatoms. The van der Waals surface area contributed by atoms with Gasteiger partial charge in [0.15, 0.2) is 0 Å². The van der Waals surface area contributed by atoms with Gasteiger partial charge < -0.3 is 15.7 Å². The lowest BCUT2D eigenvalue weighted by molar-refractivity contribution is 0.0697. The Kier molecular flexibility index (Phi) is 5.03. The normalized spacial score (nSPS) is 9.33. The topological polar surface area (TPSA) is 78.4 Å². The van der Waals surface area contributed by atoms with Crippen molar-refractivity contribution in [2.45, 2.75) is 6.42 Å². The second-order valence-electron chi connectivity index (χ2n) is 3.33. The highest BCUT2D eigenvalue weighted by Crippen LogP contribution is 2.22. The lowest BCUT2D eigenvalue weighted by Crippen LogP contribution is -2.29. The SMILES string of the molecule is C#CCCNC(=O)Nc1ccc(C(=O)O)cc1Cl. The first-order valence-corrected chi connectivity index (χ1v) is 5.43. The highest BCUT2D eigenvalue weighted by molar-refractivity contribution is 6.34. The number of terminal acetylenes is 1. The van der Waals surface area contributed by atoms with Gasteiger partial charge in [-0.1, -0.05) is 11.6 Å². The summed E-state index contributed by atoms with van der Waals surface area (Å²) in [6.07, 6.45) is 5.47. The fourth-order valence-corrected chi connectivity index (χ4v) is 1.39. The number of benzene rings is 1. The Labute approximate surface area is 109 Å². The van der Waals surface area contributed by atoms with Crippen molar-refractivity contribution in [3.8, 4) is 12.3 Å². The second kappa shape index (κ2) is 6.52. The van der Waals surface area contributed by atoms with Crippen molar-refractivity contribution in [2.75, 3.05) is 11.9 Å². The molecule has 0 aliphatic rings. The zero-order valence-corrected chi connectivity index (χ0v) is 10.1. The van der Waals surface area contributed by atoms with Crippen LogP contribution >= 0.6 is 11.6 Å². The number of hydrogen-bond donors (Lipinski definition) is 3. The molecule has 18 heavy (non-hydrogen) atoms. The van der Waals surface area contributed by atoms with E-state index in [1.54, 1.807) is 0 Å². The summed E-state index contributed by atoms with van der Waals surface area (Å²) in [6, 6.07) is 3.59. The molecule has 0 saturated heterocycles. The van der Waals surface area contributed by atoms with E-state index in [1.165, 1.54) is 18.2 Å². The van der Waals surface area contributed by atoms with Crippen LogP contribution in [0.1, 0.15) is 16.8 Å². The minimum atomic E-state index is -1.08. The van der Waals surface area contributed by atoms with Crippen LogP contribution in [0.4, 0.5) is 10.5 Å². The van der Waals surface area contributed by atoms with Crippen LogP contribution in [0.2, 0.25) is 5.02 Å². The Bertz CT molecular complexity index is 509. The molecule has 0 aromatic heterocycles. The van der Waals surface area contributed by atoms with Crippen molar-refractivity contribution >= 4 is 29.3 Å². The zero-order valence-electron chi connectivity index (χ0n) is 9.37. The predicted molar refractivity (Wildman–Crippen MR) is 68.9 cm³/mol. The summed E-state index contributed by atoms with van der Waals surface area (Å²) in [7, 11) is 0. The summed E-state index contributed by atoms with van der Waals surface area (Å²) in [5.74, 6) is 1.30. The number of carbonyl (C=O) groups is 2. The number of urea groups is 1. The highest BCUT2D eigenvalue weighted by atomic mass is 35.5. The minimum Gasteiger partial charge on any atom is -0.478 e. The highest BCUT2D eigenvalue weighted by Gasteiger charge is 2.08. The zero-order chi connectivity index (χ0) is 13.5. The van der Waals surface area contributed by atoms with Crippen molar-refractivity contribution in [2.24, 2.45) is 0 Å². The first-order valence-electron chi connectivity index (χ1n) is 5.05. The van der Waals surface area contributed by atoms with Gasteiger partial charge >= 0.3 is 12.0 Å². The maximum atomic E-state index is 11.4. The number of hydrogen-bond acceptors (Lipinski definition) is 2. The molecule has 0 atom stereocenters. The molecule has 0 bridgehead atoms. The Morgan fingerprint density at radius 1 is 1.44 bits per heavy atom. The summed E-state index contributed by atoms with van der Waals surface area (Å²) in [4.78, 5) is 22.1. The number of carbonyl (C=O) groups excluding carboxylic acids is 1. The number of rotatable bonds is 4. The number of halogens is 1. The van der Waals surface area contributed by atoms with Gasteiger partial charge in [-0.15, -0.1) is 12.3 Å². The monoisotopic (exact) mass is 266 g/mol. The summed E-state index contributed by atoms with van der Waals surface area (Å²) in [5, 5.41) is 13.9. The van der Waals surface area contributed by atoms with E-state index >= 15 is 0 Å². The van der Waals surface area contributed by atoms with E-state index in [2.05, 4.69) is 16.6 Å². The molecule has 2 amide bonds. The standard InChI is InChI=1S/C12H11ClN2O3/c1-2-3-6-14-12(18)15-10-5-4-8(11(16)17)7-9(10)13/h1,4-5,7H,3,6H2,(H,16,17)(H2,14,15,18). The van der Waals surface area contributed by atoms with Gasteiger partial charge in [0.2, 0.25) is 0 Å². The summed E-state index contributed by atoms with van der Waals surface area (Å²) < 4.78 is 0. The number of carboxylic acid groups (broad SMARTS) is 1. The van der Waals surface area contributed by atoms with Gasteiger partial charge in [0.05, 0.1) is 16.3 Å². The molecule has 0 aliphatic carbocycles. The lowest BCUT2D eigenvalue weighted by atomic mass is 10.2. The average molecular weight is 267 g/mol. The van der Waals surface area contributed by atoms with Gasteiger partial charge in [0.1, 0.15) is 0 Å². The summed E-state index contributed by atoms with van der Waals surface area (Å²) in [5.41, 5.74) is 0.387. The van der Waals surface area contributed by atoms with Crippen molar-refractivity contribution in [1.82, 2.24) is 5.32 Å². The first kappa shape index (κ1) is 13.9. The predicted octanol–water partition coefficient (Wildman–Crippen LogP) is 2.18. The van der Waals surface area contributed by atoms with Gasteiger partial charge in [-0.2, -0.15) is 0 Å². The molecular weight excluding hydrogens is 256 g/mol. The maximum absolute atomic E-state index is 11.4. The number of aromatic carboxylic acids is 1. The summed E-state index contributed by atoms with van der Waals surface area (Å²) >= 11 is 5.84. The molecule has 5 nitrogen and oxygen atoms in total. The van der Waals surface area contributed by atoms with Crippen LogP contribution in [-0.2, 0) is 0 Å². The van der Waals surface area contributed by atoms with Gasteiger partial charge in [-0.3, -0.25) is 0 Å². The molecular formula is C12H11ClN2O3. The third kappa shape index (κ3) is 4.00. The van der Waals surface area contributed by atoms with Crippen LogP contribution in [-0.4, -0.2) is 23.7 Å². The maximum Gasteiger partial charge on any atom is 0.335 e. The van der Waals surface area contributed by atoms with E-state index in [0.29, 0.717) is 18.7 Å². The second-order valence-corrected chi connectivity index (χ2v) is 3.74. The van der Waals surface area contributed by atoms with Crippen LogP contribution < -0.4 is 10.6 Å². The Morgan fingerprint density at radius 2 is 2.17 bits per heavy atom. The van der Waals surface area contributed by atoms with Gasteiger partial charge in [0, 0.05) is 13.0 Å². The van der Waals surface area contributed by atoms with Crippen LogP contribution in [0, 0.1) is 12.3 Å². The fourth-order valence-electron chi connectivity index (χ4n) is 1.16. The van der Waals surface area contributed by atoms with Gasteiger partial charge in [-0.25, -0.2) is 9.59 Å². The average Bonchev–Trinajstić information content (AvgIpc) is 2.32. The van der Waals surface area contributed by atoms with Gasteiger partial charge in [0.25, 0.3) is 0 Å². The quantitative estimate of drug-likeness (QED) is 0.577. The molecule has 0 aliphatic heterocycles. The molecule has 94 valence electrons. The Morgan fingerprint density at radius 3 is 2.72 bits per heavy atom. The van der Waals surface area contributed by atoms with Crippen LogP contribution in [0.25, 0.3) is 0 Å². The van der Waals surface area contributed by atoms with Crippen molar-refractivity contribution in [1.29, 1.82) is 0 Å². The summed E-state index contributed by atoms with van der Waals surface area (Å²) in [6.45, 7) is 0.354. The number of amides is 2. The number of anilines is 1. The molecule has 1 rings (SSSR count). The third-order valence-electron chi connectivity index (χ3n) is 2.02. The van der Waals surface area contributed by atoms with Crippen molar-refractivity contribution < 1.29 is 14.7 Å². The van der Waals surface area contributed by atoms with Crippen molar-refractivity contribution in [3.63, 3.8) is 0 Å². The molecule has 1 aromatic rings. The Hall–Kier alpha value is -2.19. The smallest absolute Gasteiger partial charge is 0.335 e. The van der Waals surface area contributed by atoms with E-state index < -0.39 is 12.0 Å². The van der Waals surface area contributed by atoms with Crippen LogP contribution in [0.3, 0.4) is 0 Å². The molecule has 0 heterocycles. The minimum absolute atomic E-state index is 0.0540. The number of nitrogens with one attached hydrogen (secondary N) is 2. The van der Waals surface area contributed by atoms with E-state index in [4.69, 9.17) is 23.1 Å². The molecule has 0 radical (unpaired) electrons. The van der Waals surface area contributed by atoms with E-state index in [1.807, 2.05) is 0 Å². The largest absolute Gasteiger partial charge is 0.478 e. The van der Waals surface area contributed by atoms with Gasteiger partial charge in [-0.05, 0) is 18.2 Å². The number of carboxylic acids is 1. The molecule has 0 fully saturated rings. The Balaban J connectivity index is 2.65. The van der Waals surface area contributed by atoms with Crippen LogP contribution in [0.5, 0.6) is 0 Å². The third-order valence-corrected chi connectivity index (χ3v) is 2.33. The first-order chi connectivity index (χ1) is 8.54. The van der Waals surface area contributed by atoms with E-state index in [9.17, 15) is 9.59 Å².